The van der Waals surface area contributed by atoms with Gasteiger partial charge in [-0.2, -0.15) is 0 Å². The molecule has 0 amide bonds. The van der Waals surface area contributed by atoms with Crippen LogP contribution in [-0.2, 0) is 30.3 Å². The van der Waals surface area contributed by atoms with Gasteiger partial charge in [0.25, 0.3) is 0 Å². The van der Waals surface area contributed by atoms with Crippen LogP contribution in [0, 0.1) is 17.9 Å². The largest absolute Gasteiger partial charge is 0.512 e. The molecule has 0 spiro atoms. The first kappa shape index (κ1) is 36.7. The molecule has 1 aliphatic rings. The quantitative estimate of drug-likeness (QED) is 0.104. The summed E-state index contributed by atoms with van der Waals surface area (Å²) in [7, 11) is 0. The predicted molar refractivity (Wildman–Crippen MR) is 187 cm³/mol. The number of ketones is 1. The molecule has 45 heavy (non-hydrogen) atoms. The molecular formula is C41H52IrNO2-. The zero-order valence-electron chi connectivity index (χ0n) is 28.4. The molecule has 1 saturated carbocycles. The van der Waals surface area contributed by atoms with Gasteiger partial charge in [-0.3, -0.25) is 9.78 Å². The number of nitrogens with zero attached hydrogens (tertiary/aromatic N) is 1. The number of carbonyl (C=O) groups excluding carboxylic acids is 1. The van der Waals surface area contributed by atoms with Gasteiger partial charge in [-0.15, -0.1) is 29.1 Å². The van der Waals surface area contributed by atoms with E-state index in [4.69, 9.17) is 4.98 Å². The van der Waals surface area contributed by atoms with E-state index in [1.54, 1.807) is 0 Å². The maximum Gasteiger partial charge on any atom is 0.162 e. The van der Waals surface area contributed by atoms with Crippen molar-refractivity contribution in [2.24, 2.45) is 11.8 Å². The van der Waals surface area contributed by atoms with E-state index in [0.717, 1.165) is 42.5 Å². The topological polar surface area (TPSA) is 50.2 Å². The van der Waals surface area contributed by atoms with Crippen LogP contribution in [0.15, 0.2) is 72.5 Å². The minimum atomic E-state index is 0. The van der Waals surface area contributed by atoms with Crippen LogP contribution in [0.25, 0.3) is 32.9 Å². The van der Waals surface area contributed by atoms with Crippen LogP contribution < -0.4 is 0 Å². The first-order valence-electron chi connectivity index (χ1n) is 16.9. The summed E-state index contributed by atoms with van der Waals surface area (Å²) in [4.78, 5) is 16.8. The minimum Gasteiger partial charge on any atom is -0.512 e. The molecule has 5 rings (SSSR count). The minimum absolute atomic E-state index is 0. The van der Waals surface area contributed by atoms with Gasteiger partial charge in [-0.25, -0.2) is 0 Å². The zero-order valence-corrected chi connectivity index (χ0v) is 30.8. The van der Waals surface area contributed by atoms with Gasteiger partial charge >= 0.3 is 0 Å². The first-order chi connectivity index (χ1) is 21.1. The molecule has 0 atom stereocenters. The van der Waals surface area contributed by atoms with Gasteiger partial charge in [0.2, 0.25) is 0 Å². The molecule has 4 heteroatoms. The number of aliphatic hydroxyl groups is 1. The van der Waals surface area contributed by atoms with E-state index in [1.165, 1.54) is 59.0 Å². The summed E-state index contributed by atoms with van der Waals surface area (Å²) in [5.41, 5.74) is 6.17. The smallest absolute Gasteiger partial charge is 0.162 e. The molecule has 0 unspecified atom stereocenters. The molecule has 0 aliphatic heterocycles. The molecule has 1 heterocycles. The number of benzene rings is 3. The average Bonchev–Trinajstić information content (AvgIpc) is 3.56. The third-order valence-electron chi connectivity index (χ3n) is 9.48. The number of aromatic nitrogens is 1. The second kappa shape index (κ2) is 16.7. The third-order valence-corrected chi connectivity index (χ3v) is 9.48. The van der Waals surface area contributed by atoms with Crippen molar-refractivity contribution in [3.05, 3.63) is 89.7 Å². The predicted octanol–water partition coefficient (Wildman–Crippen LogP) is 11.7. The summed E-state index contributed by atoms with van der Waals surface area (Å²) in [5, 5.41) is 13.5. The Hall–Kier alpha value is -2.81. The fraction of sp³-hybridized carbons (Fsp3) is 0.463. The van der Waals surface area contributed by atoms with Crippen molar-refractivity contribution < 1.29 is 30.0 Å². The molecule has 4 aromatic rings. The van der Waals surface area contributed by atoms with Crippen molar-refractivity contribution >= 4 is 27.5 Å². The van der Waals surface area contributed by atoms with E-state index >= 15 is 0 Å². The molecule has 1 radical (unpaired) electrons. The van der Waals surface area contributed by atoms with E-state index in [1.807, 2.05) is 27.7 Å². The van der Waals surface area contributed by atoms with Gasteiger partial charge in [0.15, 0.2) is 5.78 Å². The Labute approximate surface area is 285 Å². The van der Waals surface area contributed by atoms with Crippen LogP contribution in [0.2, 0.25) is 0 Å². The molecule has 3 nitrogen and oxygen atoms in total. The fourth-order valence-electron chi connectivity index (χ4n) is 6.68. The van der Waals surface area contributed by atoms with Crippen LogP contribution in [0.5, 0.6) is 0 Å². The van der Waals surface area contributed by atoms with E-state index in [-0.39, 0.29) is 48.9 Å². The maximum atomic E-state index is 11.7. The second-order valence-corrected chi connectivity index (χ2v) is 13.5. The van der Waals surface area contributed by atoms with E-state index in [9.17, 15) is 9.90 Å². The number of carbonyl (C=O) groups is 1. The number of allylic oxidation sites excluding steroid dienone is 2. The average molecular weight is 783 g/mol. The van der Waals surface area contributed by atoms with Crippen LogP contribution in [0.3, 0.4) is 0 Å². The molecule has 243 valence electrons. The second-order valence-electron chi connectivity index (χ2n) is 13.5. The van der Waals surface area contributed by atoms with Crippen molar-refractivity contribution in [1.29, 1.82) is 0 Å². The number of hydrogen-bond donors (Lipinski definition) is 1. The number of aliphatic hydroxyl groups excluding tert-OH is 1. The van der Waals surface area contributed by atoms with Crippen LogP contribution in [-0.4, -0.2) is 15.9 Å². The monoisotopic (exact) mass is 783 g/mol. The normalized spacial score (nSPS) is 14.1. The standard InChI is InChI=1S/C28H28N.C13H24O2.Ir/c1-28(2,3)25-17-21(16-20-12-6-7-13-22(20)25)27-18-24(19-10-4-5-11-19)23-14-8-9-15-26(23)29-27;1-5-10(6-2)12(14)9-13(15)11(7-3)8-4;/h6-9,12-15,17-19H,4-5,10-11H2,1-3H3;9-11,14H,5-8H2,1-4H3;/q-1;;/b;12-9-;. The van der Waals surface area contributed by atoms with Crippen molar-refractivity contribution in [1.82, 2.24) is 4.98 Å². The van der Waals surface area contributed by atoms with Crippen LogP contribution in [0.4, 0.5) is 0 Å². The molecule has 3 aromatic carbocycles. The molecular weight excluding hydrogens is 731 g/mol. The summed E-state index contributed by atoms with van der Waals surface area (Å²) in [6.45, 7) is 14.9. The van der Waals surface area contributed by atoms with Crippen molar-refractivity contribution in [2.45, 2.75) is 111 Å². The van der Waals surface area contributed by atoms with Gasteiger partial charge in [-0.1, -0.05) is 115 Å². The molecule has 0 saturated heterocycles. The first-order valence-corrected chi connectivity index (χ1v) is 16.9. The summed E-state index contributed by atoms with van der Waals surface area (Å²) < 4.78 is 0. The SMILES string of the molecule is CC(C)(C)c1cc(-c2cc(C3CCCC3)c3ccccc3n2)[c-]c2ccccc12.CCC(CC)C(=O)/C=C(\O)C(CC)CC.[Ir]. The Bertz CT molecular complexity index is 1580. The maximum absolute atomic E-state index is 11.7. The zero-order chi connectivity index (χ0) is 31.9. The number of rotatable bonds is 9. The van der Waals surface area contributed by atoms with Crippen molar-refractivity contribution in [3.8, 4) is 11.3 Å². The van der Waals surface area contributed by atoms with Crippen molar-refractivity contribution in [2.75, 3.05) is 0 Å². The number of fused-ring (bicyclic) bond motifs is 2. The Morgan fingerprint density at radius 3 is 2.07 bits per heavy atom. The number of pyridine rings is 1. The third kappa shape index (κ3) is 8.92. The molecule has 1 N–H and O–H groups in total. The summed E-state index contributed by atoms with van der Waals surface area (Å²) in [6, 6.07) is 25.6. The van der Waals surface area contributed by atoms with E-state index < -0.39 is 0 Å². The van der Waals surface area contributed by atoms with Gasteiger partial charge in [0.05, 0.1) is 11.3 Å². The van der Waals surface area contributed by atoms with E-state index in [2.05, 4.69) is 87.5 Å². The summed E-state index contributed by atoms with van der Waals surface area (Å²) >= 11 is 0. The fourth-order valence-corrected chi connectivity index (χ4v) is 6.68. The van der Waals surface area contributed by atoms with Gasteiger partial charge < -0.3 is 5.11 Å². The summed E-state index contributed by atoms with van der Waals surface area (Å²) in [6.07, 6.45) is 10.2. The van der Waals surface area contributed by atoms with Gasteiger partial charge in [0, 0.05) is 49.1 Å². The molecule has 1 aromatic heterocycles. The Kier molecular flexibility index (Phi) is 13.6. The number of hydrogen-bond acceptors (Lipinski definition) is 3. The Morgan fingerprint density at radius 2 is 1.47 bits per heavy atom. The summed E-state index contributed by atoms with van der Waals surface area (Å²) in [5.74, 6) is 1.20. The Morgan fingerprint density at radius 1 is 0.889 bits per heavy atom. The molecule has 0 bridgehead atoms. The van der Waals surface area contributed by atoms with E-state index in [0.29, 0.717) is 5.92 Å². The Balaban J connectivity index is 0.000000297. The van der Waals surface area contributed by atoms with Gasteiger partial charge in [0.1, 0.15) is 0 Å². The molecule has 1 fully saturated rings. The number of para-hydroxylation sites is 1. The van der Waals surface area contributed by atoms with Crippen molar-refractivity contribution in [3.63, 3.8) is 0 Å². The molecule has 1 aliphatic carbocycles. The van der Waals surface area contributed by atoms with Crippen LogP contribution >= 0.6 is 0 Å². The van der Waals surface area contributed by atoms with Gasteiger partial charge in [-0.05, 0) is 61.5 Å². The van der Waals surface area contributed by atoms with Crippen LogP contribution in [0.1, 0.15) is 117 Å².